The summed E-state index contributed by atoms with van der Waals surface area (Å²) in [6.45, 7) is 8.34. The van der Waals surface area contributed by atoms with Crippen molar-refractivity contribution in [2.45, 2.75) is 52.2 Å². The van der Waals surface area contributed by atoms with Crippen molar-refractivity contribution in [2.75, 3.05) is 0 Å². The van der Waals surface area contributed by atoms with Crippen LogP contribution in [0.5, 0.6) is 5.75 Å². The lowest BCUT2D eigenvalue weighted by molar-refractivity contribution is -0.180. The van der Waals surface area contributed by atoms with Gasteiger partial charge < -0.3 is 14.8 Å². The number of fused-ring (bicyclic) bond motifs is 1. The predicted molar refractivity (Wildman–Crippen MR) is 90.1 cm³/mol. The molecule has 0 saturated heterocycles. The Hall–Kier alpha value is -1.98. The fourth-order valence-electron chi connectivity index (χ4n) is 2.93. The van der Waals surface area contributed by atoms with Crippen molar-refractivity contribution >= 4 is 0 Å². The molecule has 0 radical (unpaired) electrons. The lowest BCUT2D eigenvalue weighted by Crippen LogP contribution is -2.35. The molecule has 24 heavy (non-hydrogen) atoms. The second-order valence-electron chi connectivity index (χ2n) is 6.66. The molecule has 2 aromatic rings. The Bertz CT molecular complexity index is 733. The van der Waals surface area contributed by atoms with Gasteiger partial charge in [0.15, 0.2) is 0 Å². The van der Waals surface area contributed by atoms with E-state index in [0.29, 0.717) is 12.2 Å². The molecule has 2 atom stereocenters. The molecule has 1 N–H and O–H groups in total. The van der Waals surface area contributed by atoms with Crippen LogP contribution in [-0.4, -0.2) is 10.8 Å². The summed E-state index contributed by atoms with van der Waals surface area (Å²) in [6, 6.07) is 7.74. The third kappa shape index (κ3) is 3.57. The fraction of sp³-hybridized carbons (Fsp3) is 0.421. The Balaban J connectivity index is 1.74. The molecule has 4 nitrogen and oxygen atoms in total. The van der Waals surface area contributed by atoms with Gasteiger partial charge in [-0.3, -0.25) is 4.98 Å². The maximum atomic E-state index is 13.9. The highest BCUT2D eigenvalue weighted by Gasteiger charge is 2.27. The number of pyridine rings is 1. The van der Waals surface area contributed by atoms with Crippen molar-refractivity contribution < 1.29 is 13.9 Å². The number of benzene rings is 1. The average Bonchev–Trinajstić information content (AvgIpc) is 2.53. The molecule has 0 amide bonds. The Morgan fingerprint density at radius 1 is 1.21 bits per heavy atom. The Kier molecular flexibility index (Phi) is 4.56. The molecule has 0 spiro atoms. The standard InChI is InChI=1S/C19H23FN2O2/c1-12(22-13(2)16-7-8-21-10-17(16)20)14-5-6-18-15(9-14)11-23-19(3,4)24-18/h5-10,12-13,22H,11H2,1-4H3/t12-,13-/m0/s1. The van der Waals surface area contributed by atoms with Crippen LogP contribution in [0.3, 0.4) is 0 Å². The van der Waals surface area contributed by atoms with E-state index in [-0.39, 0.29) is 17.9 Å². The van der Waals surface area contributed by atoms with E-state index in [9.17, 15) is 4.39 Å². The summed E-state index contributed by atoms with van der Waals surface area (Å²) in [5.74, 6) is -0.0271. The second-order valence-corrected chi connectivity index (χ2v) is 6.66. The minimum absolute atomic E-state index is 0.0628. The van der Waals surface area contributed by atoms with E-state index in [1.54, 1.807) is 12.3 Å². The van der Waals surface area contributed by atoms with E-state index < -0.39 is 5.79 Å². The summed E-state index contributed by atoms with van der Waals surface area (Å²) in [7, 11) is 0. The van der Waals surface area contributed by atoms with Crippen molar-refractivity contribution in [1.82, 2.24) is 10.3 Å². The summed E-state index contributed by atoms with van der Waals surface area (Å²) < 4.78 is 25.4. The molecule has 0 saturated carbocycles. The SMILES string of the molecule is C[C@H](N[C@@H](C)c1ccncc1F)c1ccc2c(c1)COC(C)(C)O2. The normalized spacial score (nSPS) is 18.4. The van der Waals surface area contributed by atoms with E-state index in [2.05, 4.69) is 23.3 Å². The first-order valence-corrected chi connectivity index (χ1v) is 8.17. The summed E-state index contributed by atoms with van der Waals surface area (Å²) >= 11 is 0. The Labute approximate surface area is 142 Å². The molecule has 1 aromatic heterocycles. The molecule has 128 valence electrons. The minimum atomic E-state index is -0.591. The maximum Gasteiger partial charge on any atom is 0.205 e. The first kappa shape index (κ1) is 16.9. The van der Waals surface area contributed by atoms with Gasteiger partial charge in [-0.25, -0.2) is 4.39 Å². The largest absolute Gasteiger partial charge is 0.463 e. The monoisotopic (exact) mass is 330 g/mol. The van der Waals surface area contributed by atoms with Crippen LogP contribution < -0.4 is 10.1 Å². The molecular formula is C19H23FN2O2. The van der Waals surface area contributed by atoms with Crippen LogP contribution in [0.25, 0.3) is 0 Å². The number of hydrogen-bond donors (Lipinski definition) is 1. The van der Waals surface area contributed by atoms with Crippen LogP contribution in [0, 0.1) is 5.82 Å². The van der Waals surface area contributed by atoms with Crippen LogP contribution in [0.1, 0.15) is 56.5 Å². The summed E-state index contributed by atoms with van der Waals surface area (Å²) in [6.07, 6.45) is 2.85. The van der Waals surface area contributed by atoms with E-state index >= 15 is 0 Å². The number of nitrogens with zero attached hydrogens (tertiary/aromatic N) is 1. The molecular weight excluding hydrogens is 307 g/mol. The molecule has 1 aliphatic heterocycles. The topological polar surface area (TPSA) is 43.4 Å². The highest BCUT2D eigenvalue weighted by Crippen LogP contribution is 2.33. The molecule has 2 heterocycles. The van der Waals surface area contributed by atoms with Crippen molar-refractivity contribution in [3.63, 3.8) is 0 Å². The molecule has 1 aliphatic rings. The van der Waals surface area contributed by atoms with Gasteiger partial charge in [0.05, 0.1) is 12.8 Å². The van der Waals surface area contributed by atoms with E-state index in [0.717, 1.165) is 16.9 Å². The van der Waals surface area contributed by atoms with Gasteiger partial charge >= 0.3 is 0 Å². The van der Waals surface area contributed by atoms with Crippen molar-refractivity contribution in [3.05, 3.63) is 59.2 Å². The minimum Gasteiger partial charge on any atom is -0.463 e. The molecule has 0 unspecified atom stereocenters. The third-order valence-corrected chi connectivity index (χ3v) is 4.29. The van der Waals surface area contributed by atoms with Gasteiger partial charge in [-0.05, 0) is 37.6 Å². The first-order valence-electron chi connectivity index (χ1n) is 8.17. The van der Waals surface area contributed by atoms with E-state index in [4.69, 9.17) is 9.47 Å². The number of halogens is 1. The lowest BCUT2D eigenvalue weighted by Gasteiger charge is -2.33. The van der Waals surface area contributed by atoms with Gasteiger partial charge in [-0.1, -0.05) is 6.07 Å². The van der Waals surface area contributed by atoms with Gasteiger partial charge in [-0.2, -0.15) is 0 Å². The molecule has 0 fully saturated rings. The summed E-state index contributed by atoms with van der Waals surface area (Å²) in [5.41, 5.74) is 2.76. The van der Waals surface area contributed by atoms with Gasteiger partial charge in [0, 0.05) is 43.3 Å². The molecule has 0 bridgehead atoms. The number of aromatic nitrogens is 1. The second kappa shape index (κ2) is 6.49. The summed E-state index contributed by atoms with van der Waals surface area (Å²) in [5, 5.41) is 3.43. The summed E-state index contributed by atoms with van der Waals surface area (Å²) in [4.78, 5) is 3.79. The average molecular weight is 330 g/mol. The van der Waals surface area contributed by atoms with Crippen LogP contribution in [0.2, 0.25) is 0 Å². The van der Waals surface area contributed by atoms with Crippen LogP contribution in [0.4, 0.5) is 4.39 Å². The third-order valence-electron chi connectivity index (χ3n) is 4.29. The van der Waals surface area contributed by atoms with E-state index in [1.807, 2.05) is 32.9 Å². The maximum absolute atomic E-state index is 13.9. The molecule has 1 aromatic carbocycles. The van der Waals surface area contributed by atoms with Crippen LogP contribution in [0.15, 0.2) is 36.7 Å². The fourth-order valence-corrected chi connectivity index (χ4v) is 2.93. The molecule has 3 rings (SSSR count). The van der Waals surface area contributed by atoms with Gasteiger partial charge in [0.1, 0.15) is 11.6 Å². The van der Waals surface area contributed by atoms with Gasteiger partial charge in [-0.15, -0.1) is 0 Å². The smallest absolute Gasteiger partial charge is 0.205 e. The van der Waals surface area contributed by atoms with Crippen molar-refractivity contribution in [1.29, 1.82) is 0 Å². The van der Waals surface area contributed by atoms with Crippen molar-refractivity contribution in [2.24, 2.45) is 0 Å². The first-order chi connectivity index (χ1) is 11.4. The predicted octanol–water partition coefficient (Wildman–Crippen LogP) is 4.28. The number of hydrogen-bond acceptors (Lipinski definition) is 4. The zero-order valence-electron chi connectivity index (χ0n) is 14.5. The number of rotatable bonds is 4. The highest BCUT2D eigenvalue weighted by molar-refractivity contribution is 5.39. The quantitative estimate of drug-likeness (QED) is 0.909. The zero-order chi connectivity index (χ0) is 17.3. The Morgan fingerprint density at radius 2 is 2.00 bits per heavy atom. The highest BCUT2D eigenvalue weighted by atomic mass is 19.1. The van der Waals surface area contributed by atoms with Crippen LogP contribution >= 0.6 is 0 Å². The molecule has 5 heteroatoms. The van der Waals surface area contributed by atoms with E-state index in [1.165, 1.54) is 6.20 Å². The van der Waals surface area contributed by atoms with Gasteiger partial charge in [0.2, 0.25) is 5.79 Å². The lowest BCUT2D eigenvalue weighted by atomic mass is 10.0. The van der Waals surface area contributed by atoms with Crippen LogP contribution in [-0.2, 0) is 11.3 Å². The zero-order valence-corrected chi connectivity index (χ0v) is 14.5. The van der Waals surface area contributed by atoms with Gasteiger partial charge in [0.25, 0.3) is 0 Å². The molecule has 0 aliphatic carbocycles. The Morgan fingerprint density at radius 3 is 2.75 bits per heavy atom. The number of ether oxygens (including phenoxy) is 2. The number of nitrogens with one attached hydrogen (secondary N) is 1. The van der Waals surface area contributed by atoms with Crippen molar-refractivity contribution in [3.8, 4) is 5.75 Å².